The molecule has 2 aliphatic heterocycles. The lowest BCUT2D eigenvalue weighted by Crippen LogP contribution is -2.42. The number of carbonyl (C=O) groups is 1. The Labute approximate surface area is 240 Å². The van der Waals surface area contributed by atoms with Crippen molar-refractivity contribution in [2.75, 3.05) is 56.7 Å². The standard InChI is InChI=1S/C29H39N7O5/c1-4-8-35(3)29-33-25(11-27(34-29)32-22-15-39-16-22)28(38)30-12-23(37)14-36-9-7-20-10-24(6-5-21(20)13-36)40-17-26-19(2)31-18-41-26/h5-6,10-11,18,22-23,37H,4,7-9,12-17H2,1-3H3,(H,30,38)(H,32,33,34)/t23-/m1/s1. The molecule has 3 N–H and O–H groups in total. The largest absolute Gasteiger partial charge is 0.486 e. The van der Waals surface area contributed by atoms with Crippen LogP contribution < -0.4 is 20.3 Å². The summed E-state index contributed by atoms with van der Waals surface area (Å²) in [6.07, 6.45) is 2.49. The molecule has 2 aliphatic rings. The zero-order valence-electron chi connectivity index (χ0n) is 23.9. The van der Waals surface area contributed by atoms with E-state index in [0.29, 0.717) is 38.1 Å². The van der Waals surface area contributed by atoms with Gasteiger partial charge in [0.25, 0.3) is 5.91 Å². The molecular weight excluding hydrogens is 526 g/mol. The number of carbonyl (C=O) groups excluding carboxylic acids is 1. The molecule has 1 aromatic carbocycles. The Morgan fingerprint density at radius 3 is 2.85 bits per heavy atom. The summed E-state index contributed by atoms with van der Waals surface area (Å²) in [6, 6.07) is 7.92. The molecule has 1 fully saturated rings. The van der Waals surface area contributed by atoms with Crippen molar-refractivity contribution in [2.45, 2.75) is 52.0 Å². The number of amides is 1. The molecular formula is C29H39N7O5. The summed E-state index contributed by atoms with van der Waals surface area (Å²) in [6.45, 7) is 8.40. The Morgan fingerprint density at radius 1 is 1.27 bits per heavy atom. The third-order valence-corrected chi connectivity index (χ3v) is 7.29. The smallest absolute Gasteiger partial charge is 0.270 e. The average Bonchev–Trinajstić information content (AvgIpc) is 3.36. The molecule has 3 aromatic rings. The van der Waals surface area contributed by atoms with E-state index >= 15 is 0 Å². The molecule has 12 nitrogen and oxygen atoms in total. The van der Waals surface area contributed by atoms with Crippen LogP contribution in [0.1, 0.15) is 46.4 Å². The quantitative estimate of drug-likeness (QED) is 0.281. The first-order valence-corrected chi connectivity index (χ1v) is 14.1. The Kier molecular flexibility index (Phi) is 9.32. The normalized spacial score (nSPS) is 16.0. The van der Waals surface area contributed by atoms with Gasteiger partial charge in [-0.2, -0.15) is 4.98 Å². The van der Waals surface area contributed by atoms with Gasteiger partial charge in [0.15, 0.2) is 12.2 Å². The Morgan fingerprint density at radius 2 is 2.12 bits per heavy atom. The van der Waals surface area contributed by atoms with E-state index in [9.17, 15) is 9.90 Å². The SMILES string of the molecule is CCCN(C)c1nc(NC2COC2)cc(C(=O)NC[C@@H](O)CN2CCc3cc(OCc4ocnc4C)ccc3C2)n1. The highest BCUT2D eigenvalue weighted by Crippen LogP contribution is 2.25. The molecule has 12 heteroatoms. The zero-order chi connectivity index (χ0) is 28.8. The molecule has 1 atom stereocenters. The van der Waals surface area contributed by atoms with Crippen LogP contribution >= 0.6 is 0 Å². The molecule has 0 aliphatic carbocycles. The van der Waals surface area contributed by atoms with Crippen LogP contribution in [0.2, 0.25) is 0 Å². The number of aromatic nitrogens is 3. The van der Waals surface area contributed by atoms with E-state index in [1.165, 1.54) is 17.5 Å². The predicted molar refractivity (Wildman–Crippen MR) is 153 cm³/mol. The van der Waals surface area contributed by atoms with Gasteiger partial charge < -0.3 is 34.5 Å². The number of benzene rings is 1. The summed E-state index contributed by atoms with van der Waals surface area (Å²) in [5.74, 6) is 2.24. The number of aryl methyl sites for hydroxylation is 1. The van der Waals surface area contributed by atoms with Gasteiger partial charge in [-0.1, -0.05) is 13.0 Å². The maximum atomic E-state index is 13.0. The second kappa shape index (κ2) is 13.3. The van der Waals surface area contributed by atoms with Crippen molar-refractivity contribution in [1.29, 1.82) is 0 Å². The van der Waals surface area contributed by atoms with Gasteiger partial charge in [0.05, 0.1) is 31.1 Å². The van der Waals surface area contributed by atoms with Crippen LogP contribution in [0.5, 0.6) is 5.75 Å². The van der Waals surface area contributed by atoms with Crippen LogP contribution in [0.4, 0.5) is 11.8 Å². The molecule has 0 unspecified atom stereocenters. The fraction of sp³-hybridized carbons (Fsp3) is 0.517. The lowest BCUT2D eigenvalue weighted by atomic mass is 9.99. The van der Waals surface area contributed by atoms with Gasteiger partial charge in [-0.25, -0.2) is 9.97 Å². The second-order valence-electron chi connectivity index (χ2n) is 10.7. The van der Waals surface area contributed by atoms with Gasteiger partial charge in [-0.15, -0.1) is 0 Å². The monoisotopic (exact) mass is 565 g/mol. The second-order valence-corrected chi connectivity index (χ2v) is 10.7. The lowest BCUT2D eigenvalue weighted by Gasteiger charge is -2.30. The maximum Gasteiger partial charge on any atom is 0.270 e. The highest BCUT2D eigenvalue weighted by Gasteiger charge is 2.23. The van der Waals surface area contributed by atoms with Gasteiger partial charge in [-0.3, -0.25) is 9.69 Å². The molecule has 0 spiro atoms. The molecule has 4 heterocycles. The number of aliphatic hydroxyl groups excluding tert-OH is 1. The summed E-state index contributed by atoms with van der Waals surface area (Å²) in [5, 5.41) is 16.9. The van der Waals surface area contributed by atoms with E-state index in [1.807, 2.05) is 24.9 Å². The third-order valence-electron chi connectivity index (χ3n) is 7.29. The molecule has 220 valence electrons. The lowest BCUT2D eigenvalue weighted by molar-refractivity contribution is 0.0209. The number of hydrogen-bond donors (Lipinski definition) is 3. The fourth-order valence-electron chi connectivity index (χ4n) is 4.87. The summed E-state index contributed by atoms with van der Waals surface area (Å²) < 4.78 is 16.5. The number of β-amino-alcohol motifs (C(OH)–C–C–N with tert-alkyl or cyclic N) is 1. The number of rotatable bonds is 13. The van der Waals surface area contributed by atoms with E-state index < -0.39 is 6.10 Å². The van der Waals surface area contributed by atoms with Crippen molar-refractivity contribution in [1.82, 2.24) is 25.2 Å². The molecule has 41 heavy (non-hydrogen) atoms. The van der Waals surface area contributed by atoms with E-state index in [2.05, 4.69) is 49.5 Å². The van der Waals surface area contributed by atoms with Gasteiger partial charge in [0, 0.05) is 45.8 Å². The van der Waals surface area contributed by atoms with Gasteiger partial charge in [-0.05, 0) is 43.0 Å². The Bertz CT molecular complexity index is 1330. The Hall–Kier alpha value is -3.74. The number of nitrogens with one attached hydrogen (secondary N) is 2. The van der Waals surface area contributed by atoms with Gasteiger partial charge >= 0.3 is 0 Å². The van der Waals surface area contributed by atoms with Crippen LogP contribution in [0, 0.1) is 6.92 Å². The van der Waals surface area contributed by atoms with Crippen LogP contribution in [0.25, 0.3) is 0 Å². The number of fused-ring (bicyclic) bond motifs is 1. The minimum Gasteiger partial charge on any atom is -0.486 e. The number of ether oxygens (including phenoxy) is 2. The molecule has 0 bridgehead atoms. The van der Waals surface area contributed by atoms with Crippen molar-refractivity contribution in [3.63, 3.8) is 0 Å². The minimum atomic E-state index is -0.720. The predicted octanol–water partition coefficient (Wildman–Crippen LogP) is 2.16. The molecule has 2 aromatic heterocycles. The van der Waals surface area contributed by atoms with Crippen molar-refractivity contribution in [2.24, 2.45) is 0 Å². The first-order valence-electron chi connectivity index (χ1n) is 14.1. The minimum absolute atomic E-state index is 0.124. The molecule has 1 saturated heterocycles. The maximum absolute atomic E-state index is 13.0. The van der Waals surface area contributed by atoms with Gasteiger partial charge in [0.2, 0.25) is 5.95 Å². The number of oxazole rings is 1. The highest BCUT2D eigenvalue weighted by atomic mass is 16.5. The van der Waals surface area contributed by atoms with Crippen molar-refractivity contribution in [3.8, 4) is 5.75 Å². The molecule has 0 saturated carbocycles. The summed E-state index contributed by atoms with van der Waals surface area (Å²) in [5.41, 5.74) is 3.53. The number of anilines is 2. The zero-order valence-corrected chi connectivity index (χ0v) is 23.9. The summed E-state index contributed by atoms with van der Waals surface area (Å²) in [7, 11) is 1.91. The molecule has 0 radical (unpaired) electrons. The Balaban J connectivity index is 1.12. The number of nitrogens with zero attached hydrogens (tertiary/aromatic N) is 5. The van der Waals surface area contributed by atoms with Crippen LogP contribution in [-0.4, -0.2) is 89.5 Å². The first-order chi connectivity index (χ1) is 19.9. The highest BCUT2D eigenvalue weighted by molar-refractivity contribution is 5.93. The third kappa shape index (κ3) is 7.51. The summed E-state index contributed by atoms with van der Waals surface area (Å²) >= 11 is 0. The first kappa shape index (κ1) is 28.8. The van der Waals surface area contributed by atoms with E-state index in [0.717, 1.165) is 49.7 Å². The van der Waals surface area contributed by atoms with E-state index in [1.54, 1.807) is 6.07 Å². The van der Waals surface area contributed by atoms with E-state index in [4.69, 9.17) is 13.9 Å². The molecule has 5 rings (SSSR count). The van der Waals surface area contributed by atoms with Crippen LogP contribution in [0.15, 0.2) is 35.1 Å². The van der Waals surface area contributed by atoms with Crippen LogP contribution in [0.3, 0.4) is 0 Å². The van der Waals surface area contributed by atoms with Crippen molar-refractivity contribution < 1.29 is 23.8 Å². The number of hydrogen-bond acceptors (Lipinski definition) is 11. The van der Waals surface area contributed by atoms with Crippen molar-refractivity contribution in [3.05, 3.63) is 58.9 Å². The molecule has 1 amide bonds. The number of aliphatic hydroxyl groups is 1. The topological polar surface area (TPSA) is 138 Å². The van der Waals surface area contributed by atoms with Gasteiger partial charge in [0.1, 0.15) is 23.9 Å². The fourth-order valence-corrected chi connectivity index (χ4v) is 4.87. The summed E-state index contributed by atoms with van der Waals surface area (Å²) in [4.78, 5) is 30.3. The van der Waals surface area contributed by atoms with Crippen molar-refractivity contribution >= 4 is 17.7 Å². The van der Waals surface area contributed by atoms with E-state index in [-0.39, 0.29) is 24.2 Å². The van der Waals surface area contributed by atoms with Crippen LogP contribution in [-0.2, 0) is 24.3 Å². The average molecular weight is 566 g/mol.